The molecule has 2 aliphatic rings. The Balaban J connectivity index is 1.85. The van der Waals surface area contributed by atoms with Crippen LogP contribution in [0.5, 0.6) is 0 Å². The molecule has 0 spiro atoms. The third kappa shape index (κ3) is 3.53. The molecular formula is C12H20F3NS. The highest BCUT2D eigenvalue weighted by molar-refractivity contribution is 8.00. The molecule has 0 aromatic rings. The lowest BCUT2D eigenvalue weighted by molar-refractivity contribution is -0.183. The van der Waals surface area contributed by atoms with Gasteiger partial charge in [-0.25, -0.2) is 0 Å². The summed E-state index contributed by atoms with van der Waals surface area (Å²) in [7, 11) is 0. The molecule has 2 rings (SSSR count). The summed E-state index contributed by atoms with van der Waals surface area (Å²) in [6.07, 6.45) is -0.708. The molecule has 0 aromatic heterocycles. The fourth-order valence-corrected chi connectivity index (χ4v) is 4.10. The second-order valence-corrected chi connectivity index (χ2v) is 6.72. The van der Waals surface area contributed by atoms with Gasteiger partial charge in [-0.05, 0) is 31.4 Å². The molecule has 0 radical (unpaired) electrons. The molecule has 0 aromatic carbocycles. The first kappa shape index (κ1) is 13.5. The number of halogens is 3. The molecule has 0 amide bonds. The minimum absolute atomic E-state index is 0.0709. The fourth-order valence-electron chi connectivity index (χ4n) is 2.89. The van der Waals surface area contributed by atoms with Crippen LogP contribution in [-0.4, -0.2) is 29.3 Å². The van der Waals surface area contributed by atoms with Crippen LogP contribution in [0.4, 0.5) is 13.2 Å². The molecule has 2 fully saturated rings. The standard InChI is InChI=1S/C12H20F3NS/c1-8-11(5-6-17-8)16-10-4-2-3-9(7-10)12(13,14)15/h8-11,16H,2-7H2,1H3. The SMILES string of the molecule is CC1SCCC1NC1CCCC(C(F)(F)F)C1. The lowest BCUT2D eigenvalue weighted by Crippen LogP contribution is -2.45. The number of alkyl halides is 3. The van der Waals surface area contributed by atoms with Crippen LogP contribution in [0, 0.1) is 5.92 Å². The van der Waals surface area contributed by atoms with Crippen LogP contribution < -0.4 is 5.32 Å². The van der Waals surface area contributed by atoms with E-state index in [1.54, 1.807) is 0 Å². The molecule has 4 atom stereocenters. The van der Waals surface area contributed by atoms with E-state index in [0.717, 1.165) is 18.6 Å². The zero-order valence-electron chi connectivity index (χ0n) is 10.1. The molecule has 4 unspecified atom stereocenters. The Hall–Kier alpha value is 0.100. The first-order valence-electron chi connectivity index (χ1n) is 6.41. The Morgan fingerprint density at radius 2 is 1.94 bits per heavy atom. The highest BCUT2D eigenvalue weighted by Crippen LogP contribution is 2.38. The van der Waals surface area contributed by atoms with E-state index >= 15 is 0 Å². The van der Waals surface area contributed by atoms with E-state index in [0.29, 0.717) is 24.1 Å². The molecule has 1 heterocycles. The van der Waals surface area contributed by atoms with Crippen LogP contribution in [0.2, 0.25) is 0 Å². The summed E-state index contributed by atoms with van der Waals surface area (Å²) in [5.41, 5.74) is 0. The maximum absolute atomic E-state index is 12.7. The van der Waals surface area contributed by atoms with Crippen molar-refractivity contribution in [2.45, 2.75) is 62.5 Å². The van der Waals surface area contributed by atoms with Crippen molar-refractivity contribution < 1.29 is 13.2 Å². The summed E-state index contributed by atoms with van der Waals surface area (Å²) in [6, 6.07) is 0.485. The van der Waals surface area contributed by atoms with Crippen LogP contribution in [0.1, 0.15) is 39.0 Å². The summed E-state index contributed by atoms with van der Waals surface area (Å²) in [6.45, 7) is 2.17. The quantitative estimate of drug-likeness (QED) is 0.820. The van der Waals surface area contributed by atoms with Crippen molar-refractivity contribution in [2.75, 3.05) is 5.75 Å². The van der Waals surface area contributed by atoms with E-state index in [-0.39, 0.29) is 12.5 Å². The minimum atomic E-state index is -4.00. The molecular weight excluding hydrogens is 247 g/mol. The zero-order valence-corrected chi connectivity index (χ0v) is 10.9. The Bertz CT molecular complexity index is 255. The molecule has 17 heavy (non-hydrogen) atoms. The Morgan fingerprint density at radius 1 is 1.18 bits per heavy atom. The van der Waals surface area contributed by atoms with Crippen molar-refractivity contribution in [3.05, 3.63) is 0 Å². The highest BCUT2D eigenvalue weighted by atomic mass is 32.2. The molecule has 0 bridgehead atoms. The Labute approximate surface area is 105 Å². The van der Waals surface area contributed by atoms with E-state index in [1.165, 1.54) is 0 Å². The van der Waals surface area contributed by atoms with Crippen molar-refractivity contribution in [1.82, 2.24) is 5.32 Å². The smallest absolute Gasteiger partial charge is 0.310 e. The summed E-state index contributed by atoms with van der Waals surface area (Å²) in [5.74, 6) is 0.0481. The normalized spacial score (nSPS) is 39.5. The van der Waals surface area contributed by atoms with Crippen molar-refractivity contribution in [3.63, 3.8) is 0 Å². The van der Waals surface area contributed by atoms with Crippen molar-refractivity contribution in [2.24, 2.45) is 5.92 Å². The minimum Gasteiger partial charge on any atom is -0.310 e. The van der Waals surface area contributed by atoms with Gasteiger partial charge >= 0.3 is 6.18 Å². The topological polar surface area (TPSA) is 12.0 Å². The number of nitrogens with one attached hydrogen (secondary N) is 1. The van der Waals surface area contributed by atoms with Crippen LogP contribution in [0.25, 0.3) is 0 Å². The predicted molar refractivity (Wildman–Crippen MR) is 65.3 cm³/mol. The molecule has 1 nitrogen and oxygen atoms in total. The third-order valence-electron chi connectivity index (χ3n) is 3.96. The van der Waals surface area contributed by atoms with Gasteiger partial charge < -0.3 is 5.32 Å². The van der Waals surface area contributed by atoms with Gasteiger partial charge in [0.05, 0.1) is 5.92 Å². The fraction of sp³-hybridized carbons (Fsp3) is 1.00. The lowest BCUT2D eigenvalue weighted by atomic mass is 9.85. The Morgan fingerprint density at radius 3 is 2.53 bits per heavy atom. The monoisotopic (exact) mass is 267 g/mol. The van der Waals surface area contributed by atoms with Gasteiger partial charge in [0.2, 0.25) is 0 Å². The first-order chi connectivity index (χ1) is 7.97. The summed E-state index contributed by atoms with van der Waals surface area (Å²) in [5, 5.41) is 3.99. The van der Waals surface area contributed by atoms with Gasteiger partial charge in [-0.3, -0.25) is 0 Å². The van der Waals surface area contributed by atoms with E-state index in [9.17, 15) is 13.2 Å². The van der Waals surface area contributed by atoms with E-state index in [2.05, 4.69) is 12.2 Å². The second-order valence-electron chi connectivity index (χ2n) is 5.24. The molecule has 1 saturated carbocycles. The van der Waals surface area contributed by atoms with Crippen molar-refractivity contribution in [3.8, 4) is 0 Å². The maximum atomic E-state index is 12.7. The third-order valence-corrected chi connectivity index (χ3v) is 5.29. The predicted octanol–water partition coefficient (Wildman–Crippen LogP) is 3.59. The molecule has 1 N–H and O–H groups in total. The average Bonchev–Trinajstić information content (AvgIpc) is 2.64. The Kier molecular flexibility index (Phi) is 4.29. The van der Waals surface area contributed by atoms with Gasteiger partial charge in [0.15, 0.2) is 0 Å². The van der Waals surface area contributed by atoms with Gasteiger partial charge in [-0.15, -0.1) is 0 Å². The van der Waals surface area contributed by atoms with Crippen LogP contribution in [-0.2, 0) is 0 Å². The zero-order chi connectivity index (χ0) is 12.5. The molecule has 1 saturated heterocycles. The van der Waals surface area contributed by atoms with E-state index < -0.39 is 12.1 Å². The van der Waals surface area contributed by atoms with Gasteiger partial charge in [-0.2, -0.15) is 24.9 Å². The largest absolute Gasteiger partial charge is 0.391 e. The van der Waals surface area contributed by atoms with Crippen LogP contribution in [0.3, 0.4) is 0 Å². The number of rotatable bonds is 2. The molecule has 100 valence electrons. The number of hydrogen-bond donors (Lipinski definition) is 1. The number of hydrogen-bond acceptors (Lipinski definition) is 2. The molecule has 1 aliphatic heterocycles. The van der Waals surface area contributed by atoms with Crippen LogP contribution >= 0.6 is 11.8 Å². The van der Waals surface area contributed by atoms with Gasteiger partial charge in [0.1, 0.15) is 0 Å². The van der Waals surface area contributed by atoms with E-state index in [4.69, 9.17) is 0 Å². The first-order valence-corrected chi connectivity index (χ1v) is 7.46. The van der Waals surface area contributed by atoms with Gasteiger partial charge in [-0.1, -0.05) is 13.3 Å². The summed E-state index contributed by atoms with van der Waals surface area (Å²) in [4.78, 5) is 0. The van der Waals surface area contributed by atoms with Crippen molar-refractivity contribution >= 4 is 11.8 Å². The van der Waals surface area contributed by atoms with Crippen molar-refractivity contribution in [1.29, 1.82) is 0 Å². The molecule has 5 heteroatoms. The molecule has 1 aliphatic carbocycles. The highest BCUT2D eigenvalue weighted by Gasteiger charge is 2.42. The van der Waals surface area contributed by atoms with Gasteiger partial charge in [0, 0.05) is 17.3 Å². The maximum Gasteiger partial charge on any atom is 0.391 e. The average molecular weight is 267 g/mol. The lowest BCUT2D eigenvalue weighted by Gasteiger charge is -2.33. The van der Waals surface area contributed by atoms with E-state index in [1.807, 2.05) is 11.8 Å². The van der Waals surface area contributed by atoms with Gasteiger partial charge in [0.25, 0.3) is 0 Å². The summed E-state index contributed by atoms with van der Waals surface area (Å²) < 4.78 is 38.0. The number of thioether (sulfide) groups is 1. The second kappa shape index (κ2) is 5.39. The van der Waals surface area contributed by atoms with Crippen LogP contribution in [0.15, 0.2) is 0 Å². The summed E-state index contributed by atoms with van der Waals surface area (Å²) >= 11 is 1.92.